The van der Waals surface area contributed by atoms with Gasteiger partial charge >= 0.3 is 0 Å². The molecule has 8 heteroatoms. The smallest absolute Gasteiger partial charge is 0.266 e. The minimum atomic E-state index is -0.457. The third kappa shape index (κ3) is 3.28. The second-order valence-electron chi connectivity index (χ2n) is 6.58. The highest BCUT2D eigenvalue weighted by atomic mass is 32.1. The molecule has 1 saturated carbocycles. The fraction of sp³-hybridized carbons (Fsp3) is 0.625. The SMILES string of the molecule is O=C(Nc1nccs1)C1CCN(C(=O)C2CC(C3CC3)=NO2)CC1. The number of amides is 2. The van der Waals surface area contributed by atoms with E-state index in [0.717, 1.165) is 5.71 Å². The number of thiazole rings is 1. The molecule has 1 aromatic heterocycles. The average Bonchev–Trinajstić information content (AvgIpc) is 3.11. The van der Waals surface area contributed by atoms with E-state index in [9.17, 15) is 9.59 Å². The van der Waals surface area contributed by atoms with Gasteiger partial charge in [0.25, 0.3) is 5.91 Å². The van der Waals surface area contributed by atoms with Crippen LogP contribution in [-0.2, 0) is 14.4 Å². The molecule has 2 aliphatic heterocycles. The van der Waals surface area contributed by atoms with E-state index in [1.54, 1.807) is 6.20 Å². The van der Waals surface area contributed by atoms with Gasteiger partial charge in [-0.2, -0.15) is 0 Å². The molecule has 3 heterocycles. The van der Waals surface area contributed by atoms with E-state index in [4.69, 9.17) is 4.84 Å². The number of oxime groups is 1. The molecule has 1 atom stereocenters. The number of aromatic nitrogens is 1. The molecule has 1 saturated heterocycles. The first-order chi connectivity index (χ1) is 11.7. The Hall–Kier alpha value is -1.96. The third-order valence-electron chi connectivity index (χ3n) is 4.86. The van der Waals surface area contributed by atoms with Crippen LogP contribution in [0.1, 0.15) is 32.1 Å². The standard InChI is InChI=1S/C16H20N4O3S/c21-14(18-16-17-5-8-24-16)11-3-6-20(7-4-11)15(22)13-9-12(19-23-13)10-1-2-10/h5,8,10-11,13H,1-4,6-7,9H2,(H,17,18,21). The monoisotopic (exact) mass is 348 g/mol. The Balaban J connectivity index is 1.25. The first kappa shape index (κ1) is 15.6. The number of carbonyl (C=O) groups excluding carboxylic acids is 2. The van der Waals surface area contributed by atoms with Gasteiger partial charge in [-0.1, -0.05) is 5.16 Å². The lowest BCUT2D eigenvalue weighted by molar-refractivity contribution is -0.144. The van der Waals surface area contributed by atoms with E-state index in [1.807, 2.05) is 10.3 Å². The first-order valence-electron chi connectivity index (χ1n) is 8.42. The summed E-state index contributed by atoms with van der Waals surface area (Å²) in [4.78, 5) is 36.0. The summed E-state index contributed by atoms with van der Waals surface area (Å²) >= 11 is 1.41. The van der Waals surface area contributed by atoms with Crippen LogP contribution in [-0.4, -0.2) is 46.6 Å². The predicted molar refractivity (Wildman–Crippen MR) is 89.7 cm³/mol. The fourth-order valence-electron chi connectivity index (χ4n) is 3.24. The zero-order chi connectivity index (χ0) is 16.5. The lowest BCUT2D eigenvalue weighted by Crippen LogP contribution is -2.45. The summed E-state index contributed by atoms with van der Waals surface area (Å²) in [7, 11) is 0. The summed E-state index contributed by atoms with van der Waals surface area (Å²) in [6, 6.07) is 0. The van der Waals surface area contributed by atoms with Crippen LogP contribution in [0.25, 0.3) is 0 Å². The lowest BCUT2D eigenvalue weighted by atomic mass is 9.95. The molecule has 0 spiro atoms. The molecule has 3 aliphatic rings. The van der Waals surface area contributed by atoms with Gasteiger partial charge in [-0.3, -0.25) is 9.59 Å². The Morgan fingerprint density at radius 2 is 2.04 bits per heavy atom. The molecule has 1 aromatic rings. The van der Waals surface area contributed by atoms with Crippen LogP contribution in [0.15, 0.2) is 16.7 Å². The second-order valence-corrected chi connectivity index (χ2v) is 7.48. The maximum atomic E-state index is 12.5. The molecular formula is C16H20N4O3S. The van der Waals surface area contributed by atoms with Crippen molar-refractivity contribution in [3.63, 3.8) is 0 Å². The lowest BCUT2D eigenvalue weighted by Gasteiger charge is -2.32. The first-order valence-corrected chi connectivity index (χ1v) is 9.30. The van der Waals surface area contributed by atoms with Crippen LogP contribution in [0, 0.1) is 11.8 Å². The van der Waals surface area contributed by atoms with E-state index < -0.39 is 6.10 Å². The molecule has 0 bridgehead atoms. The maximum Gasteiger partial charge on any atom is 0.266 e. The van der Waals surface area contributed by atoms with Crippen LogP contribution < -0.4 is 5.32 Å². The van der Waals surface area contributed by atoms with Gasteiger partial charge in [0.2, 0.25) is 12.0 Å². The van der Waals surface area contributed by atoms with Gasteiger partial charge in [-0.05, 0) is 25.7 Å². The van der Waals surface area contributed by atoms with Gasteiger partial charge < -0.3 is 15.1 Å². The normalized spacial score (nSPS) is 24.4. The summed E-state index contributed by atoms with van der Waals surface area (Å²) in [5, 5.41) is 9.37. The highest BCUT2D eigenvalue weighted by Gasteiger charge is 2.39. The van der Waals surface area contributed by atoms with Crippen molar-refractivity contribution in [2.45, 2.75) is 38.2 Å². The summed E-state index contributed by atoms with van der Waals surface area (Å²) < 4.78 is 0. The van der Waals surface area contributed by atoms with E-state index in [2.05, 4.69) is 15.5 Å². The maximum absolute atomic E-state index is 12.5. The van der Waals surface area contributed by atoms with Crippen molar-refractivity contribution >= 4 is 34.0 Å². The Bertz CT molecular complexity index is 648. The number of anilines is 1. The van der Waals surface area contributed by atoms with Crippen molar-refractivity contribution in [3.05, 3.63) is 11.6 Å². The van der Waals surface area contributed by atoms with Crippen molar-refractivity contribution in [2.24, 2.45) is 17.0 Å². The zero-order valence-corrected chi connectivity index (χ0v) is 14.1. The molecule has 0 aromatic carbocycles. The molecule has 24 heavy (non-hydrogen) atoms. The molecule has 1 aliphatic carbocycles. The molecule has 0 radical (unpaired) electrons. The summed E-state index contributed by atoms with van der Waals surface area (Å²) in [5.74, 6) is 0.477. The molecular weight excluding hydrogens is 328 g/mol. The van der Waals surface area contributed by atoms with Crippen LogP contribution in [0.2, 0.25) is 0 Å². The average molecular weight is 348 g/mol. The minimum Gasteiger partial charge on any atom is -0.382 e. The van der Waals surface area contributed by atoms with Crippen molar-refractivity contribution in [1.82, 2.24) is 9.88 Å². The predicted octanol–water partition coefficient (Wildman–Crippen LogP) is 1.88. The van der Waals surface area contributed by atoms with E-state index in [1.165, 1.54) is 24.2 Å². The zero-order valence-electron chi connectivity index (χ0n) is 13.3. The van der Waals surface area contributed by atoms with Gasteiger partial charge in [-0.25, -0.2) is 4.98 Å². The number of piperidine rings is 1. The van der Waals surface area contributed by atoms with Crippen molar-refractivity contribution < 1.29 is 14.4 Å². The van der Waals surface area contributed by atoms with Crippen molar-refractivity contribution in [3.8, 4) is 0 Å². The molecule has 2 fully saturated rings. The van der Waals surface area contributed by atoms with E-state index in [0.29, 0.717) is 43.4 Å². The van der Waals surface area contributed by atoms with Gasteiger partial charge in [0.1, 0.15) is 0 Å². The Morgan fingerprint density at radius 3 is 2.71 bits per heavy atom. The number of rotatable bonds is 4. The number of hydrogen-bond acceptors (Lipinski definition) is 6. The highest BCUT2D eigenvalue weighted by Crippen LogP contribution is 2.35. The minimum absolute atomic E-state index is 0.00600. The summed E-state index contributed by atoms with van der Waals surface area (Å²) in [5.41, 5.74) is 1.05. The number of carbonyl (C=O) groups is 2. The Labute approximate surface area is 144 Å². The molecule has 1 N–H and O–H groups in total. The largest absolute Gasteiger partial charge is 0.382 e. The quantitative estimate of drug-likeness (QED) is 0.900. The second kappa shape index (κ2) is 6.51. The summed E-state index contributed by atoms with van der Waals surface area (Å²) in [6.07, 6.45) is 5.53. The molecule has 1 unspecified atom stereocenters. The highest BCUT2D eigenvalue weighted by molar-refractivity contribution is 7.13. The van der Waals surface area contributed by atoms with Crippen molar-refractivity contribution in [1.29, 1.82) is 0 Å². The van der Waals surface area contributed by atoms with Crippen LogP contribution in [0.4, 0.5) is 5.13 Å². The molecule has 128 valence electrons. The van der Waals surface area contributed by atoms with Crippen LogP contribution in [0.3, 0.4) is 0 Å². The number of hydrogen-bond donors (Lipinski definition) is 1. The number of nitrogens with zero attached hydrogens (tertiary/aromatic N) is 3. The van der Waals surface area contributed by atoms with Gasteiger partial charge in [0.05, 0.1) is 5.71 Å². The third-order valence-corrected chi connectivity index (χ3v) is 5.54. The summed E-state index contributed by atoms with van der Waals surface area (Å²) in [6.45, 7) is 1.18. The van der Waals surface area contributed by atoms with Gasteiger partial charge in [0, 0.05) is 42.9 Å². The number of likely N-dealkylation sites (tertiary alicyclic amines) is 1. The van der Waals surface area contributed by atoms with E-state index >= 15 is 0 Å². The fourth-order valence-corrected chi connectivity index (χ4v) is 3.78. The molecule has 4 rings (SSSR count). The van der Waals surface area contributed by atoms with Crippen molar-refractivity contribution in [2.75, 3.05) is 18.4 Å². The van der Waals surface area contributed by atoms with Gasteiger partial charge in [0.15, 0.2) is 5.13 Å². The van der Waals surface area contributed by atoms with Crippen LogP contribution >= 0.6 is 11.3 Å². The molecule has 7 nitrogen and oxygen atoms in total. The van der Waals surface area contributed by atoms with Gasteiger partial charge in [-0.15, -0.1) is 11.3 Å². The Morgan fingerprint density at radius 1 is 1.25 bits per heavy atom. The Kier molecular flexibility index (Phi) is 4.22. The van der Waals surface area contributed by atoms with E-state index in [-0.39, 0.29) is 17.7 Å². The van der Waals surface area contributed by atoms with Crippen LogP contribution in [0.5, 0.6) is 0 Å². The topological polar surface area (TPSA) is 83.9 Å². The molecule has 2 amide bonds. The number of nitrogens with one attached hydrogen (secondary N) is 1.